The lowest BCUT2D eigenvalue weighted by Crippen LogP contribution is -2.49. The minimum absolute atomic E-state index is 0. The van der Waals surface area contributed by atoms with E-state index < -0.39 is 0 Å². The molecule has 1 saturated carbocycles. The van der Waals surface area contributed by atoms with Gasteiger partial charge in [-0.3, -0.25) is 9.89 Å². The van der Waals surface area contributed by atoms with Gasteiger partial charge in [0.25, 0.3) is 0 Å². The van der Waals surface area contributed by atoms with Crippen LogP contribution in [0.1, 0.15) is 71.6 Å². The topological polar surface area (TPSA) is 53.6 Å². The van der Waals surface area contributed by atoms with Gasteiger partial charge < -0.3 is 11.1 Å². The van der Waals surface area contributed by atoms with Crippen molar-refractivity contribution in [2.45, 2.75) is 83.2 Å². The van der Waals surface area contributed by atoms with Crippen LogP contribution >= 0.6 is 24.0 Å². The van der Waals surface area contributed by atoms with Gasteiger partial charge in [-0.05, 0) is 52.6 Å². The van der Waals surface area contributed by atoms with Gasteiger partial charge >= 0.3 is 0 Å². The summed E-state index contributed by atoms with van der Waals surface area (Å²) in [6, 6.07) is 0.536. The highest BCUT2D eigenvalue weighted by Gasteiger charge is 2.27. The van der Waals surface area contributed by atoms with Crippen LogP contribution in [0.5, 0.6) is 0 Å². The molecule has 22 heavy (non-hydrogen) atoms. The van der Waals surface area contributed by atoms with E-state index in [0.717, 1.165) is 6.54 Å². The monoisotopic (exact) mass is 422 g/mol. The first-order chi connectivity index (χ1) is 10.1. The van der Waals surface area contributed by atoms with Crippen LogP contribution in [-0.2, 0) is 0 Å². The van der Waals surface area contributed by atoms with Crippen LogP contribution in [0.25, 0.3) is 0 Å². The molecule has 0 atom stereocenters. The fraction of sp³-hybridized carbons (Fsp3) is 0.941. The van der Waals surface area contributed by atoms with Crippen LogP contribution in [0.3, 0.4) is 0 Å². The van der Waals surface area contributed by atoms with Crippen LogP contribution in [0.15, 0.2) is 4.99 Å². The molecule has 1 aliphatic carbocycles. The zero-order chi connectivity index (χ0) is 15.1. The van der Waals surface area contributed by atoms with Gasteiger partial charge in [-0.25, -0.2) is 0 Å². The number of halogens is 1. The minimum atomic E-state index is 0. The van der Waals surface area contributed by atoms with E-state index in [1.54, 1.807) is 0 Å². The van der Waals surface area contributed by atoms with Gasteiger partial charge in [0.2, 0.25) is 0 Å². The molecule has 130 valence electrons. The summed E-state index contributed by atoms with van der Waals surface area (Å²) < 4.78 is 0. The maximum atomic E-state index is 6.11. The zero-order valence-corrected chi connectivity index (χ0v) is 16.8. The zero-order valence-electron chi connectivity index (χ0n) is 14.4. The number of nitrogens with two attached hydrogens (primary N) is 1. The number of guanidine groups is 1. The second kappa shape index (κ2) is 9.96. The number of nitrogens with zero attached hydrogens (tertiary/aromatic N) is 2. The lowest BCUT2D eigenvalue weighted by Gasteiger charge is -2.40. The summed E-state index contributed by atoms with van der Waals surface area (Å²) in [6.45, 7) is 7.79. The molecule has 0 amide bonds. The van der Waals surface area contributed by atoms with Crippen LogP contribution in [0.4, 0.5) is 0 Å². The van der Waals surface area contributed by atoms with Gasteiger partial charge in [-0.2, -0.15) is 0 Å². The Balaban J connectivity index is 0.00000242. The summed E-state index contributed by atoms with van der Waals surface area (Å²) in [5.41, 5.74) is 6.23. The molecule has 2 rings (SSSR count). The normalized spacial score (nSPS) is 22.7. The molecule has 0 radical (unpaired) electrons. The number of rotatable bonds is 4. The van der Waals surface area contributed by atoms with Gasteiger partial charge in [0.05, 0.1) is 6.54 Å². The van der Waals surface area contributed by atoms with Gasteiger partial charge in [0.15, 0.2) is 5.96 Å². The van der Waals surface area contributed by atoms with E-state index in [1.807, 2.05) is 0 Å². The number of hydrogen-bond donors (Lipinski definition) is 2. The van der Waals surface area contributed by atoms with Crippen molar-refractivity contribution >= 4 is 29.9 Å². The van der Waals surface area contributed by atoms with E-state index in [-0.39, 0.29) is 29.5 Å². The molecule has 0 aromatic carbocycles. The number of likely N-dealkylation sites (tertiary alicyclic amines) is 1. The highest BCUT2D eigenvalue weighted by Crippen LogP contribution is 2.21. The van der Waals surface area contributed by atoms with Gasteiger partial charge in [-0.1, -0.05) is 32.1 Å². The maximum Gasteiger partial charge on any atom is 0.188 e. The molecule has 0 bridgehead atoms. The van der Waals surface area contributed by atoms with Crippen molar-refractivity contribution in [3.8, 4) is 0 Å². The minimum Gasteiger partial charge on any atom is -0.370 e. The summed E-state index contributed by atoms with van der Waals surface area (Å²) in [6.07, 6.45) is 11.9. The SMILES string of the molecule is CC(C)(CN=C(N)NC1CCCCCC1)N1CCCCC1.I. The van der Waals surface area contributed by atoms with Crippen LogP contribution in [0.2, 0.25) is 0 Å². The summed E-state index contributed by atoms with van der Waals surface area (Å²) in [4.78, 5) is 7.21. The average molecular weight is 422 g/mol. The Labute approximate surface area is 153 Å². The van der Waals surface area contributed by atoms with Crippen molar-refractivity contribution in [1.29, 1.82) is 0 Å². The second-order valence-corrected chi connectivity index (χ2v) is 7.39. The van der Waals surface area contributed by atoms with E-state index in [1.165, 1.54) is 70.9 Å². The molecule has 0 spiro atoms. The van der Waals surface area contributed by atoms with E-state index in [9.17, 15) is 0 Å². The smallest absolute Gasteiger partial charge is 0.188 e. The number of nitrogens with one attached hydrogen (secondary N) is 1. The van der Waals surface area contributed by atoms with Crippen LogP contribution < -0.4 is 11.1 Å². The molecule has 1 aliphatic heterocycles. The van der Waals surface area contributed by atoms with Gasteiger partial charge in [-0.15, -0.1) is 24.0 Å². The third-order valence-corrected chi connectivity index (χ3v) is 5.06. The fourth-order valence-corrected chi connectivity index (χ4v) is 3.56. The highest BCUT2D eigenvalue weighted by atomic mass is 127. The Morgan fingerprint density at radius 2 is 1.59 bits per heavy atom. The summed E-state index contributed by atoms with van der Waals surface area (Å²) in [5, 5.41) is 3.44. The molecular formula is C17H35IN4. The van der Waals surface area contributed by atoms with Crippen LogP contribution in [0, 0.1) is 0 Å². The van der Waals surface area contributed by atoms with E-state index in [4.69, 9.17) is 5.73 Å². The Kier molecular flexibility index (Phi) is 9.05. The molecule has 2 fully saturated rings. The first-order valence-electron chi connectivity index (χ1n) is 8.89. The lowest BCUT2D eigenvalue weighted by molar-refractivity contribution is 0.102. The molecule has 3 N–H and O–H groups in total. The average Bonchev–Trinajstić information content (AvgIpc) is 2.75. The third-order valence-electron chi connectivity index (χ3n) is 5.06. The molecule has 5 heteroatoms. The third kappa shape index (κ3) is 6.60. The van der Waals surface area contributed by atoms with Gasteiger partial charge in [0.1, 0.15) is 0 Å². The number of aliphatic imine (C=N–C) groups is 1. The van der Waals surface area contributed by atoms with Crippen molar-refractivity contribution in [2.75, 3.05) is 19.6 Å². The number of piperidine rings is 1. The Morgan fingerprint density at radius 1 is 1.05 bits per heavy atom. The summed E-state index contributed by atoms with van der Waals surface area (Å²) in [5.74, 6) is 0.645. The van der Waals surface area contributed by atoms with Crippen molar-refractivity contribution < 1.29 is 0 Å². The lowest BCUT2D eigenvalue weighted by atomic mass is 9.99. The predicted octanol–water partition coefficient (Wildman–Crippen LogP) is 3.50. The molecule has 0 aromatic heterocycles. The fourth-order valence-electron chi connectivity index (χ4n) is 3.56. The highest BCUT2D eigenvalue weighted by molar-refractivity contribution is 14.0. The summed E-state index contributed by atoms with van der Waals surface area (Å²) >= 11 is 0. The van der Waals surface area contributed by atoms with E-state index in [0.29, 0.717) is 12.0 Å². The van der Waals surface area contributed by atoms with Crippen molar-refractivity contribution in [1.82, 2.24) is 10.2 Å². The molecule has 1 heterocycles. The first-order valence-corrected chi connectivity index (χ1v) is 8.89. The van der Waals surface area contributed by atoms with Crippen molar-refractivity contribution in [3.63, 3.8) is 0 Å². The van der Waals surface area contributed by atoms with Crippen molar-refractivity contribution in [3.05, 3.63) is 0 Å². The molecule has 2 aliphatic rings. The Bertz CT molecular complexity index is 330. The van der Waals surface area contributed by atoms with Gasteiger partial charge in [0, 0.05) is 11.6 Å². The second-order valence-electron chi connectivity index (χ2n) is 7.39. The molecule has 0 aromatic rings. The summed E-state index contributed by atoms with van der Waals surface area (Å²) in [7, 11) is 0. The largest absolute Gasteiger partial charge is 0.370 e. The Morgan fingerprint density at radius 3 is 2.18 bits per heavy atom. The number of hydrogen-bond acceptors (Lipinski definition) is 2. The predicted molar refractivity (Wildman–Crippen MR) is 106 cm³/mol. The molecule has 0 unspecified atom stereocenters. The first kappa shape index (κ1) is 20.0. The quantitative estimate of drug-likeness (QED) is 0.316. The molecule has 1 saturated heterocycles. The van der Waals surface area contributed by atoms with E-state index in [2.05, 4.69) is 29.1 Å². The van der Waals surface area contributed by atoms with E-state index >= 15 is 0 Å². The maximum absolute atomic E-state index is 6.11. The standard InChI is InChI=1S/C17H34N4.HI/c1-17(2,21-12-8-5-9-13-21)14-19-16(18)20-15-10-6-3-4-7-11-15;/h15H,3-14H2,1-2H3,(H3,18,19,20);1H. The Hall–Kier alpha value is -0.0400. The molecule has 4 nitrogen and oxygen atoms in total. The van der Waals surface area contributed by atoms with Crippen LogP contribution in [-0.4, -0.2) is 42.1 Å². The van der Waals surface area contributed by atoms with Crippen molar-refractivity contribution in [2.24, 2.45) is 10.7 Å². The molecular weight excluding hydrogens is 387 g/mol.